The SMILES string of the molecule is CCCc1nnc2sc(-c3cccc(NC(=O)c4ccc(C)c(C)c4)c3)nn12. The van der Waals surface area contributed by atoms with Crippen molar-refractivity contribution >= 4 is 27.9 Å². The molecular formula is C21H21N5OS. The van der Waals surface area contributed by atoms with Crippen LogP contribution in [-0.4, -0.2) is 25.7 Å². The third-order valence-electron chi connectivity index (χ3n) is 4.67. The lowest BCUT2D eigenvalue weighted by Gasteiger charge is -2.08. The highest BCUT2D eigenvalue weighted by atomic mass is 32.1. The van der Waals surface area contributed by atoms with Gasteiger partial charge in [-0.05, 0) is 55.7 Å². The Kier molecular flexibility index (Phi) is 4.92. The monoisotopic (exact) mass is 391 g/mol. The highest BCUT2D eigenvalue weighted by molar-refractivity contribution is 7.19. The van der Waals surface area contributed by atoms with Gasteiger partial charge in [0.1, 0.15) is 5.01 Å². The second-order valence-electron chi connectivity index (χ2n) is 6.80. The Morgan fingerprint density at radius 2 is 1.96 bits per heavy atom. The van der Waals surface area contributed by atoms with E-state index in [0.717, 1.165) is 45.4 Å². The van der Waals surface area contributed by atoms with Gasteiger partial charge in [-0.3, -0.25) is 4.79 Å². The average Bonchev–Trinajstić information content (AvgIpc) is 3.26. The van der Waals surface area contributed by atoms with E-state index in [-0.39, 0.29) is 5.91 Å². The minimum atomic E-state index is -0.122. The molecule has 0 aliphatic carbocycles. The molecular weight excluding hydrogens is 370 g/mol. The summed E-state index contributed by atoms with van der Waals surface area (Å²) in [5.74, 6) is 0.753. The van der Waals surface area contributed by atoms with E-state index in [2.05, 4.69) is 27.5 Å². The van der Waals surface area contributed by atoms with Crippen LogP contribution in [0.5, 0.6) is 0 Å². The highest BCUT2D eigenvalue weighted by Gasteiger charge is 2.13. The average molecular weight is 392 g/mol. The summed E-state index contributed by atoms with van der Waals surface area (Å²) in [6, 6.07) is 13.4. The lowest BCUT2D eigenvalue weighted by molar-refractivity contribution is 0.102. The van der Waals surface area contributed by atoms with E-state index in [1.807, 2.05) is 60.8 Å². The normalized spacial score (nSPS) is 11.1. The molecule has 28 heavy (non-hydrogen) atoms. The molecule has 0 saturated heterocycles. The molecule has 7 heteroatoms. The smallest absolute Gasteiger partial charge is 0.255 e. The maximum absolute atomic E-state index is 12.6. The first-order valence-corrected chi connectivity index (χ1v) is 10.1. The van der Waals surface area contributed by atoms with E-state index >= 15 is 0 Å². The predicted octanol–water partition coefficient (Wildman–Crippen LogP) is 4.67. The molecule has 0 aliphatic heterocycles. The fraction of sp³-hybridized carbons (Fsp3) is 0.238. The molecule has 1 amide bonds. The van der Waals surface area contributed by atoms with E-state index in [1.165, 1.54) is 16.9 Å². The number of nitrogens with zero attached hydrogens (tertiary/aromatic N) is 4. The minimum absolute atomic E-state index is 0.122. The molecule has 0 atom stereocenters. The van der Waals surface area contributed by atoms with Crippen LogP contribution in [0.2, 0.25) is 0 Å². The molecule has 142 valence electrons. The van der Waals surface area contributed by atoms with Crippen LogP contribution in [0, 0.1) is 13.8 Å². The number of carbonyl (C=O) groups excluding carboxylic acids is 1. The Bertz CT molecular complexity index is 1160. The van der Waals surface area contributed by atoms with Gasteiger partial charge in [0.05, 0.1) is 0 Å². The van der Waals surface area contributed by atoms with Crippen LogP contribution in [0.4, 0.5) is 5.69 Å². The quantitative estimate of drug-likeness (QED) is 0.536. The van der Waals surface area contributed by atoms with Gasteiger partial charge in [0.15, 0.2) is 5.82 Å². The van der Waals surface area contributed by atoms with E-state index in [4.69, 9.17) is 0 Å². The summed E-state index contributed by atoms with van der Waals surface area (Å²) >= 11 is 1.49. The molecule has 2 aromatic heterocycles. The fourth-order valence-corrected chi connectivity index (χ4v) is 3.82. The number of rotatable bonds is 5. The first-order chi connectivity index (χ1) is 13.5. The van der Waals surface area contributed by atoms with Crippen LogP contribution in [0.1, 0.15) is 40.7 Å². The molecule has 0 unspecified atom stereocenters. The lowest BCUT2D eigenvalue weighted by Crippen LogP contribution is -2.12. The maximum atomic E-state index is 12.6. The largest absolute Gasteiger partial charge is 0.322 e. The van der Waals surface area contributed by atoms with Crippen molar-refractivity contribution in [3.63, 3.8) is 0 Å². The second kappa shape index (κ2) is 7.52. The Morgan fingerprint density at radius 3 is 2.75 bits per heavy atom. The van der Waals surface area contributed by atoms with Crippen molar-refractivity contribution in [3.05, 3.63) is 65.0 Å². The topological polar surface area (TPSA) is 72.2 Å². The standard InChI is InChI=1S/C21H21N5OS/c1-4-6-18-23-24-21-26(18)25-20(28-21)16-7-5-8-17(12-16)22-19(27)15-10-9-13(2)14(3)11-15/h5,7-12H,4,6H2,1-3H3,(H,22,27). The summed E-state index contributed by atoms with van der Waals surface area (Å²) in [5, 5.41) is 16.9. The number of aryl methyl sites for hydroxylation is 3. The van der Waals surface area contributed by atoms with Gasteiger partial charge in [-0.2, -0.15) is 9.61 Å². The number of benzene rings is 2. The van der Waals surface area contributed by atoms with E-state index in [1.54, 1.807) is 0 Å². The van der Waals surface area contributed by atoms with Crippen LogP contribution in [0.3, 0.4) is 0 Å². The minimum Gasteiger partial charge on any atom is -0.322 e. The molecule has 4 aromatic rings. The molecule has 1 N–H and O–H groups in total. The van der Waals surface area contributed by atoms with Crippen LogP contribution in [0.15, 0.2) is 42.5 Å². The Labute approximate surface area is 167 Å². The molecule has 0 fully saturated rings. The number of anilines is 1. The number of carbonyl (C=O) groups is 1. The van der Waals surface area contributed by atoms with Crippen LogP contribution in [0.25, 0.3) is 15.5 Å². The van der Waals surface area contributed by atoms with Crippen molar-refractivity contribution < 1.29 is 4.79 Å². The van der Waals surface area contributed by atoms with Gasteiger partial charge < -0.3 is 5.32 Å². The maximum Gasteiger partial charge on any atom is 0.255 e. The zero-order valence-electron chi connectivity index (χ0n) is 16.1. The number of aromatic nitrogens is 4. The summed E-state index contributed by atoms with van der Waals surface area (Å²) in [6.45, 7) is 6.15. The van der Waals surface area contributed by atoms with Crippen molar-refractivity contribution in [3.8, 4) is 10.6 Å². The molecule has 2 heterocycles. The summed E-state index contributed by atoms with van der Waals surface area (Å²) in [6.07, 6.45) is 1.84. The second-order valence-corrected chi connectivity index (χ2v) is 7.76. The predicted molar refractivity (Wildman–Crippen MR) is 112 cm³/mol. The number of amides is 1. The number of fused-ring (bicyclic) bond motifs is 1. The van der Waals surface area contributed by atoms with Crippen molar-refractivity contribution in [1.82, 2.24) is 19.8 Å². The Morgan fingerprint density at radius 1 is 1.11 bits per heavy atom. The first-order valence-electron chi connectivity index (χ1n) is 9.25. The number of nitrogens with one attached hydrogen (secondary N) is 1. The van der Waals surface area contributed by atoms with Crippen LogP contribution < -0.4 is 5.32 Å². The summed E-state index contributed by atoms with van der Waals surface area (Å²) < 4.78 is 1.81. The molecule has 0 bridgehead atoms. The highest BCUT2D eigenvalue weighted by Crippen LogP contribution is 2.28. The number of hydrogen-bond acceptors (Lipinski definition) is 5. The zero-order valence-corrected chi connectivity index (χ0v) is 16.9. The van der Waals surface area contributed by atoms with Crippen molar-refractivity contribution in [2.24, 2.45) is 0 Å². The summed E-state index contributed by atoms with van der Waals surface area (Å²) in [5.41, 5.74) is 4.60. The molecule has 6 nitrogen and oxygen atoms in total. The van der Waals surface area contributed by atoms with Gasteiger partial charge in [0, 0.05) is 23.2 Å². The Hall–Kier alpha value is -3.06. The molecule has 0 spiro atoms. The molecule has 0 aliphatic rings. The van der Waals surface area contributed by atoms with Crippen molar-refractivity contribution in [2.45, 2.75) is 33.6 Å². The molecule has 0 radical (unpaired) electrons. The third kappa shape index (κ3) is 3.53. The fourth-order valence-electron chi connectivity index (χ4n) is 2.97. The van der Waals surface area contributed by atoms with Crippen molar-refractivity contribution in [2.75, 3.05) is 5.32 Å². The number of hydrogen-bond donors (Lipinski definition) is 1. The van der Waals surface area contributed by atoms with E-state index in [0.29, 0.717) is 5.56 Å². The summed E-state index contributed by atoms with van der Waals surface area (Å²) in [7, 11) is 0. The van der Waals surface area contributed by atoms with Gasteiger partial charge in [-0.15, -0.1) is 10.2 Å². The van der Waals surface area contributed by atoms with E-state index in [9.17, 15) is 4.79 Å². The first kappa shape index (κ1) is 18.3. The van der Waals surface area contributed by atoms with Crippen LogP contribution in [-0.2, 0) is 6.42 Å². The van der Waals surface area contributed by atoms with Crippen LogP contribution >= 0.6 is 11.3 Å². The molecule has 0 saturated carbocycles. The van der Waals surface area contributed by atoms with Gasteiger partial charge in [-0.1, -0.05) is 36.5 Å². The zero-order chi connectivity index (χ0) is 19.7. The van der Waals surface area contributed by atoms with Gasteiger partial charge in [0.25, 0.3) is 5.91 Å². The molecule has 4 rings (SSSR count). The third-order valence-corrected chi connectivity index (χ3v) is 5.61. The van der Waals surface area contributed by atoms with E-state index < -0.39 is 0 Å². The summed E-state index contributed by atoms with van der Waals surface area (Å²) in [4.78, 5) is 13.4. The van der Waals surface area contributed by atoms with Gasteiger partial charge in [0.2, 0.25) is 4.96 Å². The lowest BCUT2D eigenvalue weighted by atomic mass is 10.1. The van der Waals surface area contributed by atoms with Gasteiger partial charge >= 0.3 is 0 Å². The molecule has 2 aromatic carbocycles. The van der Waals surface area contributed by atoms with Gasteiger partial charge in [-0.25, -0.2) is 0 Å². The van der Waals surface area contributed by atoms with Crippen molar-refractivity contribution in [1.29, 1.82) is 0 Å². The Balaban J connectivity index is 1.59.